The Bertz CT molecular complexity index is 2930. The lowest BCUT2D eigenvalue weighted by Gasteiger charge is -2.22. The molecule has 0 spiro atoms. The Morgan fingerprint density at radius 2 is 1.27 bits per heavy atom. The van der Waals surface area contributed by atoms with E-state index >= 15 is 0 Å². The molecule has 0 saturated carbocycles. The maximum atomic E-state index is 9.56. The van der Waals surface area contributed by atoms with Crippen LogP contribution >= 0.6 is 0 Å². The van der Waals surface area contributed by atoms with E-state index in [-0.39, 0.29) is 5.41 Å². The highest BCUT2D eigenvalue weighted by Crippen LogP contribution is 2.53. The van der Waals surface area contributed by atoms with Crippen LogP contribution in [0.15, 0.2) is 158 Å². The Labute approximate surface area is 301 Å². The van der Waals surface area contributed by atoms with E-state index in [1.54, 1.807) is 0 Å². The monoisotopic (exact) mass is 664 g/mol. The van der Waals surface area contributed by atoms with Crippen molar-refractivity contribution in [1.29, 1.82) is 5.26 Å². The van der Waals surface area contributed by atoms with Gasteiger partial charge in [0, 0.05) is 38.4 Å². The normalized spacial score (nSPS) is 12.9. The zero-order chi connectivity index (χ0) is 35.0. The first-order valence-corrected chi connectivity index (χ1v) is 17.6. The summed E-state index contributed by atoms with van der Waals surface area (Å²) in [5.74, 6) is 0.660. The van der Waals surface area contributed by atoms with Gasteiger partial charge in [-0.25, -0.2) is 9.97 Å². The molecule has 0 fully saturated rings. The molecule has 9 aromatic rings. The molecule has 7 aromatic carbocycles. The molecule has 10 rings (SSSR count). The second kappa shape index (κ2) is 11.3. The van der Waals surface area contributed by atoms with Crippen LogP contribution in [0.3, 0.4) is 0 Å². The zero-order valence-corrected chi connectivity index (χ0v) is 28.8. The number of hydrogen-bond donors (Lipinski definition) is 0. The van der Waals surface area contributed by atoms with Crippen molar-refractivity contribution in [2.75, 3.05) is 0 Å². The van der Waals surface area contributed by atoms with Gasteiger partial charge < -0.3 is 4.57 Å². The van der Waals surface area contributed by atoms with Gasteiger partial charge in [0.25, 0.3) is 0 Å². The van der Waals surface area contributed by atoms with Crippen molar-refractivity contribution in [2.45, 2.75) is 19.3 Å². The van der Waals surface area contributed by atoms with Crippen molar-refractivity contribution < 1.29 is 0 Å². The molecule has 1 aliphatic rings. The number of nitrogens with zero attached hydrogens (tertiary/aromatic N) is 4. The Morgan fingerprint density at radius 1 is 0.558 bits per heavy atom. The van der Waals surface area contributed by atoms with Crippen LogP contribution < -0.4 is 0 Å². The van der Waals surface area contributed by atoms with Crippen LogP contribution in [0.1, 0.15) is 30.5 Å². The van der Waals surface area contributed by atoms with Crippen LogP contribution in [0.5, 0.6) is 0 Å². The Balaban J connectivity index is 1.27. The number of rotatable bonds is 4. The van der Waals surface area contributed by atoms with Gasteiger partial charge in [-0.3, -0.25) is 0 Å². The fourth-order valence-electron chi connectivity index (χ4n) is 8.40. The van der Waals surface area contributed by atoms with E-state index in [2.05, 4.69) is 128 Å². The highest BCUT2D eigenvalue weighted by molar-refractivity contribution is 6.14. The van der Waals surface area contributed by atoms with Crippen LogP contribution in [0.25, 0.3) is 83.3 Å². The molecular formula is C48H32N4. The summed E-state index contributed by atoms with van der Waals surface area (Å²) in [5.41, 5.74) is 14.9. The van der Waals surface area contributed by atoms with Crippen LogP contribution in [0.2, 0.25) is 0 Å². The van der Waals surface area contributed by atoms with E-state index < -0.39 is 0 Å². The second-order valence-electron chi connectivity index (χ2n) is 14.1. The molecule has 0 aliphatic heterocycles. The molecule has 2 heterocycles. The third-order valence-corrected chi connectivity index (χ3v) is 10.8. The zero-order valence-electron chi connectivity index (χ0n) is 28.8. The van der Waals surface area contributed by atoms with E-state index in [0.29, 0.717) is 11.4 Å². The van der Waals surface area contributed by atoms with Crippen LogP contribution in [0, 0.1) is 11.3 Å². The average Bonchev–Trinajstić information content (AvgIpc) is 3.66. The van der Waals surface area contributed by atoms with Crippen molar-refractivity contribution >= 4 is 32.7 Å². The second-order valence-corrected chi connectivity index (χ2v) is 14.1. The highest BCUT2D eigenvalue weighted by Gasteiger charge is 2.38. The predicted molar refractivity (Wildman–Crippen MR) is 212 cm³/mol. The number of aromatic nitrogens is 3. The predicted octanol–water partition coefficient (Wildman–Crippen LogP) is 11.9. The molecule has 52 heavy (non-hydrogen) atoms. The minimum atomic E-state index is -0.164. The minimum Gasteiger partial charge on any atom is -0.309 e. The molecule has 0 amide bonds. The summed E-state index contributed by atoms with van der Waals surface area (Å²) >= 11 is 0. The largest absolute Gasteiger partial charge is 0.309 e. The molecule has 1 aliphatic carbocycles. The average molecular weight is 665 g/mol. The molecule has 0 bridgehead atoms. The topological polar surface area (TPSA) is 54.5 Å². The number of hydrogen-bond acceptors (Lipinski definition) is 3. The van der Waals surface area contributed by atoms with E-state index in [0.717, 1.165) is 55.6 Å². The molecular weight excluding hydrogens is 633 g/mol. The third-order valence-electron chi connectivity index (χ3n) is 10.8. The van der Waals surface area contributed by atoms with Crippen molar-refractivity contribution in [2.24, 2.45) is 0 Å². The van der Waals surface area contributed by atoms with Crippen LogP contribution in [0.4, 0.5) is 0 Å². The Morgan fingerprint density at radius 3 is 2.10 bits per heavy atom. The molecule has 4 heteroatoms. The number of para-hydroxylation sites is 2. The SMILES string of the molecule is CC1(C)c2ccccc2-c2ccc3c(c21)c1ccccc1n3-c1cc(-c2ccc(C#N)cc2)cc(-c2nc(-c3ccccc3)c3ccccc3n2)c1. The molecule has 0 N–H and O–H groups in total. The van der Waals surface area contributed by atoms with Gasteiger partial charge in [0.2, 0.25) is 0 Å². The maximum Gasteiger partial charge on any atom is 0.160 e. The molecule has 2 aromatic heterocycles. The summed E-state index contributed by atoms with van der Waals surface area (Å²) < 4.78 is 2.40. The smallest absolute Gasteiger partial charge is 0.160 e. The summed E-state index contributed by atoms with van der Waals surface area (Å²) in [5, 5.41) is 13.1. The molecule has 0 radical (unpaired) electrons. The van der Waals surface area contributed by atoms with E-state index in [4.69, 9.17) is 9.97 Å². The van der Waals surface area contributed by atoms with Gasteiger partial charge in [0.15, 0.2) is 5.82 Å². The van der Waals surface area contributed by atoms with Crippen molar-refractivity contribution in [3.63, 3.8) is 0 Å². The Kier molecular flexibility index (Phi) is 6.55. The first-order chi connectivity index (χ1) is 25.5. The van der Waals surface area contributed by atoms with E-state index in [1.807, 2.05) is 54.6 Å². The lowest BCUT2D eigenvalue weighted by atomic mass is 9.80. The minimum absolute atomic E-state index is 0.164. The lowest BCUT2D eigenvalue weighted by Crippen LogP contribution is -2.15. The first kappa shape index (κ1) is 30.0. The lowest BCUT2D eigenvalue weighted by molar-refractivity contribution is 0.666. The molecule has 0 atom stereocenters. The van der Waals surface area contributed by atoms with E-state index in [9.17, 15) is 5.26 Å². The quantitative estimate of drug-likeness (QED) is 0.188. The van der Waals surface area contributed by atoms with Gasteiger partial charge in [0.1, 0.15) is 0 Å². The first-order valence-electron chi connectivity index (χ1n) is 17.6. The summed E-state index contributed by atoms with van der Waals surface area (Å²) in [6.07, 6.45) is 0. The molecule has 0 saturated heterocycles. The maximum absolute atomic E-state index is 9.56. The Hall–Kier alpha value is -6.83. The van der Waals surface area contributed by atoms with Crippen LogP contribution in [-0.2, 0) is 5.41 Å². The van der Waals surface area contributed by atoms with Gasteiger partial charge in [-0.15, -0.1) is 0 Å². The van der Waals surface area contributed by atoms with Crippen molar-refractivity contribution in [1.82, 2.24) is 14.5 Å². The molecule has 0 unspecified atom stereocenters. The summed E-state index contributed by atoms with van der Waals surface area (Å²) in [4.78, 5) is 10.4. The number of fused-ring (bicyclic) bond motifs is 8. The number of benzene rings is 7. The van der Waals surface area contributed by atoms with Crippen LogP contribution in [-0.4, -0.2) is 14.5 Å². The van der Waals surface area contributed by atoms with Gasteiger partial charge >= 0.3 is 0 Å². The van der Waals surface area contributed by atoms with Gasteiger partial charge in [-0.1, -0.05) is 123 Å². The van der Waals surface area contributed by atoms with Gasteiger partial charge in [-0.2, -0.15) is 5.26 Å². The standard InChI is InChI=1S/C48H32N4/c1-48(2)40-17-9-6-14-36(40)37-24-25-43-44(45(37)48)39-16-8-11-19-42(39)52(43)35-27-33(31-22-20-30(29-49)21-23-31)26-34(28-35)47-50-41-18-10-7-15-38(41)46(51-47)32-12-4-3-5-13-32/h3-28H,1-2H3. The van der Waals surface area contributed by atoms with Crippen molar-refractivity contribution in [3.8, 4) is 56.7 Å². The summed E-state index contributed by atoms with van der Waals surface area (Å²) in [6, 6.07) is 57.5. The highest BCUT2D eigenvalue weighted by atomic mass is 15.0. The van der Waals surface area contributed by atoms with Gasteiger partial charge in [-0.05, 0) is 81.9 Å². The number of nitriles is 1. The van der Waals surface area contributed by atoms with Crippen molar-refractivity contribution in [3.05, 3.63) is 174 Å². The van der Waals surface area contributed by atoms with Gasteiger partial charge in [0.05, 0.1) is 33.9 Å². The summed E-state index contributed by atoms with van der Waals surface area (Å²) in [6.45, 7) is 4.71. The van der Waals surface area contributed by atoms with E-state index in [1.165, 1.54) is 33.0 Å². The molecule has 4 nitrogen and oxygen atoms in total. The molecule has 244 valence electrons. The third kappa shape index (κ3) is 4.46. The fourth-order valence-corrected chi connectivity index (χ4v) is 8.40. The summed E-state index contributed by atoms with van der Waals surface area (Å²) in [7, 11) is 0. The fraction of sp³-hybridized carbons (Fsp3) is 0.0625.